The van der Waals surface area contributed by atoms with E-state index in [1.54, 1.807) is 19.4 Å². The number of carbonyl (C=O) groups excluding carboxylic acids is 2. The maximum Gasteiger partial charge on any atom is 0.340 e. The Morgan fingerprint density at radius 2 is 1.77 bits per heavy atom. The summed E-state index contributed by atoms with van der Waals surface area (Å²) in [5.41, 5.74) is 9.46. The number of aromatic nitrogens is 3. The number of imidazole rings is 1. The summed E-state index contributed by atoms with van der Waals surface area (Å²) in [6, 6.07) is 20.7. The molecule has 0 aliphatic rings. The van der Waals surface area contributed by atoms with Gasteiger partial charge in [-0.25, -0.2) is 19.2 Å². The van der Waals surface area contributed by atoms with Gasteiger partial charge in [0.15, 0.2) is 0 Å². The Hall–Kier alpha value is -5.25. The lowest BCUT2D eigenvalue weighted by Gasteiger charge is -2.12. The van der Waals surface area contributed by atoms with E-state index in [0.29, 0.717) is 23.0 Å². The van der Waals surface area contributed by atoms with Gasteiger partial charge in [-0.1, -0.05) is 18.2 Å². The fourth-order valence-electron chi connectivity index (χ4n) is 4.25. The van der Waals surface area contributed by atoms with Crippen LogP contribution >= 0.6 is 0 Å². The van der Waals surface area contributed by atoms with Crippen molar-refractivity contribution in [2.24, 2.45) is 0 Å². The van der Waals surface area contributed by atoms with Crippen LogP contribution in [0.1, 0.15) is 26.3 Å². The molecule has 0 bridgehead atoms. The average molecular weight is 526 g/mol. The zero-order valence-corrected chi connectivity index (χ0v) is 21.1. The molecule has 0 radical (unpaired) electrons. The highest BCUT2D eigenvalue weighted by atomic mass is 19.1. The molecule has 0 unspecified atom stereocenters. The number of nitrogens with one attached hydrogen (secondary N) is 1. The minimum atomic E-state index is -0.929. The molecule has 0 aliphatic heterocycles. The Morgan fingerprint density at radius 3 is 2.49 bits per heavy atom. The molecule has 5 rings (SSSR count). The summed E-state index contributed by atoms with van der Waals surface area (Å²) in [5, 5.41) is 2.69. The first-order chi connectivity index (χ1) is 18.9. The van der Waals surface area contributed by atoms with E-state index < -0.39 is 17.7 Å². The van der Waals surface area contributed by atoms with Gasteiger partial charge < -0.3 is 20.5 Å². The number of anilines is 1. The SMILES string of the molecule is COC(=O)c1cccc(C(=O)NCc2ccc(-n3c(-c4cccnc4N)nc4ccc(OC)cc43)cc2)c1F. The second-order valence-corrected chi connectivity index (χ2v) is 8.57. The van der Waals surface area contributed by atoms with Gasteiger partial charge in [-0.3, -0.25) is 9.36 Å². The summed E-state index contributed by atoms with van der Waals surface area (Å²) in [6.45, 7) is 0.141. The number of methoxy groups -OCH3 is 2. The number of rotatable bonds is 7. The van der Waals surface area contributed by atoms with Crippen molar-refractivity contribution in [2.45, 2.75) is 6.54 Å². The zero-order chi connectivity index (χ0) is 27.5. The summed E-state index contributed by atoms with van der Waals surface area (Å²) >= 11 is 0. The number of nitrogens with zero attached hydrogens (tertiary/aromatic N) is 3. The van der Waals surface area contributed by atoms with Gasteiger partial charge in [-0.15, -0.1) is 0 Å². The van der Waals surface area contributed by atoms with Crippen molar-refractivity contribution in [3.8, 4) is 22.8 Å². The van der Waals surface area contributed by atoms with E-state index in [2.05, 4.69) is 15.0 Å². The molecule has 0 aliphatic carbocycles. The molecule has 0 saturated carbocycles. The fraction of sp³-hybridized carbons (Fsp3) is 0.103. The summed E-state index contributed by atoms with van der Waals surface area (Å²) in [4.78, 5) is 33.4. The molecule has 2 heterocycles. The second-order valence-electron chi connectivity index (χ2n) is 8.57. The molecular weight excluding hydrogens is 501 g/mol. The zero-order valence-electron chi connectivity index (χ0n) is 21.1. The molecule has 5 aromatic rings. The Bertz CT molecular complexity index is 1700. The van der Waals surface area contributed by atoms with E-state index in [1.807, 2.05) is 53.1 Å². The molecule has 0 spiro atoms. The van der Waals surface area contributed by atoms with Crippen LogP contribution in [0, 0.1) is 5.82 Å². The normalized spacial score (nSPS) is 10.8. The van der Waals surface area contributed by atoms with Gasteiger partial charge in [0.2, 0.25) is 0 Å². The molecule has 10 heteroatoms. The van der Waals surface area contributed by atoms with Gasteiger partial charge in [-0.2, -0.15) is 0 Å². The van der Waals surface area contributed by atoms with E-state index >= 15 is 0 Å². The van der Waals surface area contributed by atoms with Crippen LogP contribution in [0.25, 0.3) is 28.1 Å². The summed E-state index contributed by atoms with van der Waals surface area (Å²) in [5.74, 6) is -0.784. The number of hydrogen-bond donors (Lipinski definition) is 2. The third kappa shape index (κ3) is 4.87. The Kier molecular flexibility index (Phi) is 6.92. The lowest BCUT2D eigenvalue weighted by atomic mass is 10.1. The quantitative estimate of drug-likeness (QED) is 0.299. The number of halogens is 1. The molecule has 3 N–H and O–H groups in total. The van der Waals surface area contributed by atoms with Crippen molar-refractivity contribution in [1.82, 2.24) is 19.9 Å². The van der Waals surface area contributed by atoms with Crippen molar-refractivity contribution >= 4 is 28.7 Å². The average Bonchev–Trinajstić information content (AvgIpc) is 3.34. The number of amides is 1. The van der Waals surface area contributed by atoms with Crippen molar-refractivity contribution in [1.29, 1.82) is 0 Å². The number of hydrogen-bond acceptors (Lipinski definition) is 7. The van der Waals surface area contributed by atoms with Crippen LogP contribution in [0.2, 0.25) is 0 Å². The molecule has 2 aromatic heterocycles. The molecule has 196 valence electrons. The molecule has 39 heavy (non-hydrogen) atoms. The molecular formula is C29H24FN5O4. The van der Waals surface area contributed by atoms with Crippen LogP contribution in [0.15, 0.2) is 79.0 Å². The largest absolute Gasteiger partial charge is 0.497 e. The van der Waals surface area contributed by atoms with Gasteiger partial charge in [0, 0.05) is 24.5 Å². The molecule has 0 atom stereocenters. The van der Waals surface area contributed by atoms with E-state index in [-0.39, 0.29) is 17.7 Å². The van der Waals surface area contributed by atoms with Crippen molar-refractivity contribution in [3.05, 3.63) is 102 Å². The van der Waals surface area contributed by atoms with Gasteiger partial charge in [0.25, 0.3) is 5.91 Å². The Balaban J connectivity index is 1.44. The number of fused-ring (bicyclic) bond motifs is 1. The third-order valence-corrected chi connectivity index (χ3v) is 6.24. The number of benzene rings is 3. The molecule has 9 nitrogen and oxygen atoms in total. The van der Waals surface area contributed by atoms with Crippen molar-refractivity contribution < 1.29 is 23.5 Å². The number of nitrogens with two attached hydrogens (primary N) is 1. The monoisotopic (exact) mass is 525 g/mol. The minimum absolute atomic E-state index is 0.141. The smallest absolute Gasteiger partial charge is 0.340 e. The molecule has 3 aromatic carbocycles. The number of carbonyl (C=O) groups is 2. The van der Waals surface area contributed by atoms with Crippen LogP contribution < -0.4 is 15.8 Å². The van der Waals surface area contributed by atoms with E-state index in [1.165, 1.54) is 18.2 Å². The standard InChI is InChI=1S/C29H24FN5O4/c1-38-19-12-13-23-24(15-19)35(27(34-23)22-7-4-14-32-26(22)31)18-10-8-17(9-11-18)16-33-28(36)20-5-3-6-21(25(20)30)29(37)39-2/h3-15H,16H2,1-2H3,(H2,31,32)(H,33,36). The predicted molar refractivity (Wildman–Crippen MR) is 144 cm³/mol. The van der Waals surface area contributed by atoms with Gasteiger partial charge in [-0.05, 0) is 54.1 Å². The summed E-state index contributed by atoms with van der Waals surface area (Å²) in [6.07, 6.45) is 1.62. The number of ether oxygens (including phenoxy) is 2. The lowest BCUT2D eigenvalue weighted by Crippen LogP contribution is -2.24. The van der Waals surface area contributed by atoms with Gasteiger partial charge >= 0.3 is 5.97 Å². The topological polar surface area (TPSA) is 121 Å². The van der Waals surface area contributed by atoms with Crippen LogP contribution in [-0.4, -0.2) is 40.6 Å². The highest BCUT2D eigenvalue weighted by Gasteiger charge is 2.20. The first-order valence-corrected chi connectivity index (χ1v) is 11.9. The van der Waals surface area contributed by atoms with Crippen LogP contribution in [0.5, 0.6) is 5.75 Å². The molecule has 0 fully saturated rings. The maximum atomic E-state index is 14.7. The van der Waals surface area contributed by atoms with Crippen LogP contribution in [0.4, 0.5) is 10.2 Å². The highest BCUT2D eigenvalue weighted by molar-refractivity contribution is 5.98. The Morgan fingerprint density at radius 1 is 1.00 bits per heavy atom. The number of esters is 1. The van der Waals surface area contributed by atoms with Crippen LogP contribution in [-0.2, 0) is 11.3 Å². The number of pyridine rings is 1. The Labute approximate surface area is 223 Å². The lowest BCUT2D eigenvalue weighted by molar-refractivity contribution is 0.0595. The van der Waals surface area contributed by atoms with Crippen molar-refractivity contribution in [3.63, 3.8) is 0 Å². The number of nitrogen functional groups attached to an aromatic ring is 1. The first-order valence-electron chi connectivity index (χ1n) is 11.9. The van der Waals surface area contributed by atoms with Crippen molar-refractivity contribution in [2.75, 3.05) is 20.0 Å². The van der Waals surface area contributed by atoms with E-state index in [4.69, 9.17) is 15.5 Å². The van der Waals surface area contributed by atoms with Gasteiger partial charge in [0.05, 0.1) is 41.9 Å². The third-order valence-electron chi connectivity index (χ3n) is 6.24. The minimum Gasteiger partial charge on any atom is -0.497 e. The summed E-state index contributed by atoms with van der Waals surface area (Å²) in [7, 11) is 2.75. The predicted octanol–water partition coefficient (Wildman–Crippen LogP) is 4.53. The van der Waals surface area contributed by atoms with Gasteiger partial charge in [0.1, 0.15) is 23.2 Å². The first kappa shape index (κ1) is 25.4. The highest BCUT2D eigenvalue weighted by Crippen LogP contribution is 2.32. The van der Waals surface area contributed by atoms with E-state index in [9.17, 15) is 14.0 Å². The van der Waals surface area contributed by atoms with Crippen LogP contribution in [0.3, 0.4) is 0 Å². The molecule has 1 amide bonds. The second kappa shape index (κ2) is 10.6. The van der Waals surface area contributed by atoms with E-state index in [0.717, 1.165) is 29.4 Å². The maximum absolute atomic E-state index is 14.7. The molecule has 0 saturated heterocycles. The summed E-state index contributed by atoms with van der Waals surface area (Å²) < 4.78 is 26.6. The fourth-order valence-corrected chi connectivity index (χ4v) is 4.25.